The van der Waals surface area contributed by atoms with Crippen LogP contribution in [0.5, 0.6) is 0 Å². The molecule has 0 aromatic carbocycles. The lowest BCUT2D eigenvalue weighted by Crippen LogP contribution is -2.20. The lowest BCUT2D eigenvalue weighted by Gasteiger charge is -2.10. The van der Waals surface area contributed by atoms with E-state index < -0.39 is 10.1 Å². The van der Waals surface area contributed by atoms with Crippen LogP contribution in [0.2, 0.25) is 0 Å². The van der Waals surface area contributed by atoms with E-state index in [4.69, 9.17) is 4.55 Å². The van der Waals surface area contributed by atoms with Crippen molar-refractivity contribution in [3.05, 3.63) is 12.8 Å². The van der Waals surface area contributed by atoms with Gasteiger partial charge in [-0.1, -0.05) is 6.58 Å². The largest absolute Gasteiger partial charge is 0.380 e. The van der Waals surface area contributed by atoms with Gasteiger partial charge < -0.3 is 4.90 Å². The Morgan fingerprint density at radius 1 is 1.70 bits per heavy atom. The van der Waals surface area contributed by atoms with Crippen molar-refractivity contribution in [3.63, 3.8) is 0 Å². The zero-order chi connectivity index (χ0) is 8.20. The van der Waals surface area contributed by atoms with E-state index in [1.807, 2.05) is 0 Å². The third-order valence-corrected chi connectivity index (χ3v) is 1.71. The van der Waals surface area contributed by atoms with Crippen molar-refractivity contribution in [3.8, 4) is 0 Å². The van der Waals surface area contributed by atoms with Gasteiger partial charge in [0, 0.05) is 13.6 Å². The molecular formula is C5H11NO3S. The van der Waals surface area contributed by atoms with Crippen molar-refractivity contribution >= 4 is 10.1 Å². The van der Waals surface area contributed by atoms with Crippen LogP contribution in [0, 0.1) is 0 Å². The van der Waals surface area contributed by atoms with Crippen molar-refractivity contribution in [1.82, 2.24) is 4.90 Å². The van der Waals surface area contributed by atoms with Crippen molar-refractivity contribution in [2.24, 2.45) is 0 Å². The Hall–Kier alpha value is -0.550. The number of rotatable bonds is 4. The van der Waals surface area contributed by atoms with Crippen LogP contribution in [0.15, 0.2) is 12.8 Å². The molecule has 0 bridgehead atoms. The lowest BCUT2D eigenvalue weighted by molar-refractivity contribution is 0.449. The third-order valence-electron chi connectivity index (χ3n) is 1.01. The maximum absolute atomic E-state index is 10.1. The molecule has 0 aromatic rings. The van der Waals surface area contributed by atoms with Gasteiger partial charge in [0.05, 0.1) is 5.75 Å². The molecule has 10 heavy (non-hydrogen) atoms. The second-order valence-electron chi connectivity index (χ2n) is 1.95. The smallest absolute Gasteiger partial charge is 0.266 e. The molecule has 0 unspecified atom stereocenters. The molecule has 0 aliphatic carbocycles. The average Bonchev–Trinajstić information content (AvgIpc) is 1.81. The Bertz CT molecular complexity index is 197. The molecule has 4 nitrogen and oxygen atoms in total. The minimum Gasteiger partial charge on any atom is -0.380 e. The SMILES string of the molecule is C=CN(C)CCS(=O)(=O)O. The highest BCUT2D eigenvalue weighted by Gasteiger charge is 2.03. The van der Waals surface area contributed by atoms with Gasteiger partial charge in [0.2, 0.25) is 0 Å². The Kier molecular flexibility index (Phi) is 3.38. The summed E-state index contributed by atoms with van der Waals surface area (Å²) in [4.78, 5) is 1.58. The molecule has 0 spiro atoms. The molecular weight excluding hydrogens is 154 g/mol. The molecule has 0 aliphatic rings. The van der Waals surface area contributed by atoms with Gasteiger partial charge in [-0.05, 0) is 6.20 Å². The molecule has 0 radical (unpaired) electrons. The van der Waals surface area contributed by atoms with Crippen LogP contribution in [-0.4, -0.2) is 37.2 Å². The van der Waals surface area contributed by atoms with Crippen molar-refractivity contribution in [2.75, 3.05) is 19.3 Å². The summed E-state index contributed by atoms with van der Waals surface area (Å²) < 4.78 is 28.6. The predicted molar refractivity (Wildman–Crippen MR) is 39.2 cm³/mol. The first-order valence-corrected chi connectivity index (χ1v) is 4.34. The molecule has 0 saturated carbocycles. The molecule has 0 rings (SSSR count). The molecule has 0 atom stereocenters. The highest BCUT2D eigenvalue weighted by molar-refractivity contribution is 7.85. The summed E-state index contributed by atoms with van der Waals surface area (Å²) in [6.07, 6.45) is 1.49. The standard InChI is InChI=1S/C5H11NO3S/c1-3-6(2)4-5-10(7,8)9/h3H,1,4-5H2,2H3,(H,7,8,9). The van der Waals surface area contributed by atoms with E-state index in [0.717, 1.165) is 0 Å². The molecule has 0 aliphatic heterocycles. The highest BCUT2D eigenvalue weighted by atomic mass is 32.2. The van der Waals surface area contributed by atoms with Crippen LogP contribution in [0.1, 0.15) is 0 Å². The number of hydrogen-bond donors (Lipinski definition) is 1. The molecule has 0 aromatic heterocycles. The van der Waals surface area contributed by atoms with Crippen LogP contribution in [0.25, 0.3) is 0 Å². The Morgan fingerprint density at radius 2 is 2.20 bits per heavy atom. The second-order valence-corrected chi connectivity index (χ2v) is 3.52. The van der Waals surface area contributed by atoms with E-state index in [0.29, 0.717) is 0 Å². The average molecular weight is 165 g/mol. The predicted octanol–water partition coefficient (Wildman–Crippen LogP) is -0.0505. The van der Waals surface area contributed by atoms with Gasteiger partial charge in [0.25, 0.3) is 10.1 Å². The Labute approximate surface area is 60.9 Å². The van der Waals surface area contributed by atoms with Gasteiger partial charge in [0.1, 0.15) is 0 Å². The summed E-state index contributed by atoms with van der Waals surface area (Å²) in [5.41, 5.74) is 0. The molecule has 0 amide bonds. The summed E-state index contributed by atoms with van der Waals surface area (Å²) in [5.74, 6) is -0.254. The zero-order valence-electron chi connectivity index (χ0n) is 5.82. The van der Waals surface area contributed by atoms with E-state index in [1.54, 1.807) is 11.9 Å². The molecule has 0 saturated heterocycles. The minimum absolute atomic E-state index is 0.254. The molecule has 60 valence electrons. The van der Waals surface area contributed by atoms with Crippen molar-refractivity contribution in [2.45, 2.75) is 0 Å². The Balaban J connectivity index is 3.66. The van der Waals surface area contributed by atoms with Crippen LogP contribution >= 0.6 is 0 Å². The number of nitrogens with zero attached hydrogens (tertiary/aromatic N) is 1. The van der Waals surface area contributed by atoms with Crippen molar-refractivity contribution in [1.29, 1.82) is 0 Å². The van der Waals surface area contributed by atoms with Gasteiger partial charge in [-0.25, -0.2) is 0 Å². The third kappa shape index (κ3) is 5.58. The fourth-order valence-corrected chi connectivity index (χ4v) is 0.869. The van der Waals surface area contributed by atoms with Crippen LogP contribution in [0.3, 0.4) is 0 Å². The lowest BCUT2D eigenvalue weighted by atomic mass is 10.6. The fraction of sp³-hybridized carbons (Fsp3) is 0.600. The zero-order valence-corrected chi connectivity index (χ0v) is 6.63. The molecule has 5 heteroatoms. The van der Waals surface area contributed by atoms with E-state index in [-0.39, 0.29) is 12.3 Å². The van der Waals surface area contributed by atoms with Crippen molar-refractivity contribution < 1.29 is 13.0 Å². The summed E-state index contributed by atoms with van der Waals surface area (Å²) in [6.45, 7) is 3.68. The summed E-state index contributed by atoms with van der Waals surface area (Å²) in [6, 6.07) is 0. The van der Waals surface area contributed by atoms with E-state index in [9.17, 15) is 8.42 Å². The first kappa shape index (κ1) is 9.45. The minimum atomic E-state index is -3.82. The van der Waals surface area contributed by atoms with Crippen LogP contribution in [0.4, 0.5) is 0 Å². The van der Waals surface area contributed by atoms with Crippen LogP contribution in [-0.2, 0) is 10.1 Å². The molecule has 0 heterocycles. The van der Waals surface area contributed by atoms with E-state index in [2.05, 4.69) is 6.58 Å². The number of hydrogen-bond acceptors (Lipinski definition) is 3. The maximum atomic E-state index is 10.1. The van der Waals surface area contributed by atoms with E-state index >= 15 is 0 Å². The summed E-state index contributed by atoms with van der Waals surface area (Å²) >= 11 is 0. The first-order chi connectivity index (χ1) is 4.45. The topological polar surface area (TPSA) is 57.6 Å². The first-order valence-electron chi connectivity index (χ1n) is 2.73. The maximum Gasteiger partial charge on any atom is 0.266 e. The summed E-state index contributed by atoms with van der Waals surface area (Å²) in [5, 5.41) is 0. The fourth-order valence-electron chi connectivity index (χ4n) is 0.351. The molecule has 0 fully saturated rings. The van der Waals surface area contributed by atoms with Crippen LogP contribution < -0.4 is 0 Å². The highest BCUT2D eigenvalue weighted by Crippen LogP contribution is 1.86. The van der Waals surface area contributed by atoms with E-state index in [1.165, 1.54) is 6.20 Å². The quantitative estimate of drug-likeness (QED) is 0.593. The molecule has 1 N–H and O–H groups in total. The van der Waals surface area contributed by atoms with Gasteiger partial charge in [-0.15, -0.1) is 0 Å². The monoisotopic (exact) mass is 165 g/mol. The second kappa shape index (κ2) is 3.58. The normalized spacial score (nSPS) is 11.0. The Morgan fingerprint density at radius 3 is 2.50 bits per heavy atom. The van der Waals surface area contributed by atoms with Gasteiger partial charge in [0.15, 0.2) is 0 Å². The van der Waals surface area contributed by atoms with Gasteiger partial charge in [-0.2, -0.15) is 8.42 Å². The summed E-state index contributed by atoms with van der Waals surface area (Å²) in [7, 11) is -2.14. The van der Waals surface area contributed by atoms with Gasteiger partial charge >= 0.3 is 0 Å². The van der Waals surface area contributed by atoms with Gasteiger partial charge in [-0.3, -0.25) is 4.55 Å².